The van der Waals surface area contributed by atoms with Gasteiger partial charge in [0, 0.05) is 24.2 Å². The number of carbonyl (C=O) groups excluding carboxylic acids is 1. The molecular formula is C21H22N4O2S. The molecule has 2 saturated carbocycles. The standard InChI is InChI=1S/C21H22N4O2S/c26-21(22-16-7-8-16)15-5-3-14(4-6-15)12-25(17-9-10-17)13-19-23-20(24-27-19)18-2-1-11-28-18/h1-6,11,16-17H,7-10,12-13H2,(H,22,26). The molecule has 3 aromatic rings. The van der Waals surface area contributed by atoms with Crippen molar-refractivity contribution in [2.75, 3.05) is 0 Å². The molecule has 0 saturated heterocycles. The second-order valence-corrected chi connectivity index (χ2v) is 8.52. The first kappa shape index (κ1) is 17.6. The highest BCUT2D eigenvalue weighted by Crippen LogP contribution is 2.30. The van der Waals surface area contributed by atoms with Crippen molar-refractivity contribution in [3.8, 4) is 10.7 Å². The molecule has 7 heteroatoms. The first-order valence-electron chi connectivity index (χ1n) is 9.75. The van der Waals surface area contributed by atoms with Crippen LogP contribution in [0.2, 0.25) is 0 Å². The number of nitrogens with one attached hydrogen (secondary N) is 1. The number of aromatic nitrogens is 2. The van der Waals surface area contributed by atoms with E-state index < -0.39 is 0 Å². The zero-order valence-corrected chi connectivity index (χ0v) is 16.3. The molecule has 2 heterocycles. The number of amides is 1. The molecule has 2 aliphatic carbocycles. The van der Waals surface area contributed by atoms with Gasteiger partial charge in [-0.25, -0.2) is 0 Å². The lowest BCUT2D eigenvalue weighted by molar-refractivity contribution is 0.0951. The van der Waals surface area contributed by atoms with Crippen LogP contribution in [-0.2, 0) is 13.1 Å². The van der Waals surface area contributed by atoms with E-state index in [2.05, 4.69) is 20.4 Å². The van der Waals surface area contributed by atoms with Crippen molar-refractivity contribution >= 4 is 17.2 Å². The molecule has 2 fully saturated rings. The number of nitrogens with zero attached hydrogens (tertiary/aromatic N) is 3. The lowest BCUT2D eigenvalue weighted by Gasteiger charge is -2.20. The van der Waals surface area contributed by atoms with Crippen molar-refractivity contribution in [2.24, 2.45) is 0 Å². The van der Waals surface area contributed by atoms with Gasteiger partial charge in [0.2, 0.25) is 11.7 Å². The first-order chi connectivity index (χ1) is 13.7. The maximum Gasteiger partial charge on any atom is 0.251 e. The normalized spacial score (nSPS) is 16.5. The predicted molar refractivity (Wildman–Crippen MR) is 107 cm³/mol. The Balaban J connectivity index is 1.24. The van der Waals surface area contributed by atoms with Crippen molar-refractivity contribution in [3.63, 3.8) is 0 Å². The molecule has 2 aliphatic rings. The predicted octanol–water partition coefficient (Wildman–Crippen LogP) is 3.85. The van der Waals surface area contributed by atoms with Crippen molar-refractivity contribution < 1.29 is 9.32 Å². The summed E-state index contributed by atoms with van der Waals surface area (Å²) in [4.78, 5) is 20.1. The van der Waals surface area contributed by atoms with Gasteiger partial charge in [-0.2, -0.15) is 4.98 Å². The molecule has 1 amide bonds. The van der Waals surface area contributed by atoms with Gasteiger partial charge in [0.1, 0.15) is 0 Å². The third-order valence-electron chi connectivity index (χ3n) is 5.13. The molecule has 5 rings (SSSR count). The van der Waals surface area contributed by atoms with Crippen molar-refractivity contribution in [3.05, 3.63) is 58.8 Å². The molecule has 6 nitrogen and oxygen atoms in total. The number of carbonyl (C=O) groups is 1. The van der Waals surface area contributed by atoms with Gasteiger partial charge in [-0.15, -0.1) is 11.3 Å². The minimum atomic E-state index is 0.0278. The van der Waals surface area contributed by atoms with Gasteiger partial charge >= 0.3 is 0 Å². The average Bonchev–Trinajstić information content (AvgIpc) is 3.61. The third kappa shape index (κ3) is 4.15. The number of benzene rings is 1. The van der Waals surface area contributed by atoms with Crippen LogP contribution in [0.5, 0.6) is 0 Å². The second-order valence-electron chi connectivity index (χ2n) is 7.57. The van der Waals surface area contributed by atoms with Gasteiger partial charge in [0.25, 0.3) is 5.91 Å². The maximum absolute atomic E-state index is 12.1. The van der Waals surface area contributed by atoms with Gasteiger partial charge in [-0.3, -0.25) is 9.69 Å². The Morgan fingerprint density at radius 1 is 1.14 bits per heavy atom. The van der Waals surface area contributed by atoms with Crippen LogP contribution in [0.4, 0.5) is 0 Å². The van der Waals surface area contributed by atoms with Crippen LogP contribution in [0.1, 0.15) is 47.5 Å². The zero-order chi connectivity index (χ0) is 18.9. The summed E-state index contributed by atoms with van der Waals surface area (Å²) in [5.41, 5.74) is 1.92. The number of rotatable bonds is 8. The molecule has 28 heavy (non-hydrogen) atoms. The minimum absolute atomic E-state index is 0.0278. The van der Waals surface area contributed by atoms with E-state index in [1.54, 1.807) is 11.3 Å². The summed E-state index contributed by atoms with van der Waals surface area (Å²) in [5, 5.41) is 9.15. The lowest BCUT2D eigenvalue weighted by Crippen LogP contribution is -2.26. The summed E-state index contributed by atoms with van der Waals surface area (Å²) in [6.45, 7) is 1.46. The Hall–Kier alpha value is -2.51. The van der Waals surface area contributed by atoms with Crippen molar-refractivity contribution in [2.45, 2.75) is 50.9 Å². The molecule has 0 aliphatic heterocycles. The Labute approximate surface area is 167 Å². The minimum Gasteiger partial charge on any atom is -0.349 e. The number of hydrogen-bond donors (Lipinski definition) is 1. The molecule has 2 aromatic heterocycles. The Kier molecular flexibility index (Phi) is 4.70. The quantitative estimate of drug-likeness (QED) is 0.628. The summed E-state index contributed by atoms with van der Waals surface area (Å²) in [6.07, 6.45) is 4.61. The monoisotopic (exact) mass is 394 g/mol. The summed E-state index contributed by atoms with van der Waals surface area (Å²) in [6, 6.07) is 12.9. The van der Waals surface area contributed by atoms with Gasteiger partial charge in [-0.05, 0) is 54.8 Å². The second kappa shape index (κ2) is 7.48. The molecule has 144 valence electrons. The number of thiophene rings is 1. The van der Waals surface area contributed by atoms with E-state index >= 15 is 0 Å². The zero-order valence-electron chi connectivity index (χ0n) is 15.5. The Morgan fingerprint density at radius 3 is 2.64 bits per heavy atom. The average molecular weight is 395 g/mol. The van der Waals surface area contributed by atoms with Crippen LogP contribution in [0, 0.1) is 0 Å². The summed E-state index contributed by atoms with van der Waals surface area (Å²) in [5.74, 6) is 1.34. The largest absolute Gasteiger partial charge is 0.349 e. The van der Waals surface area contributed by atoms with Gasteiger partial charge < -0.3 is 9.84 Å². The fourth-order valence-electron chi connectivity index (χ4n) is 3.24. The smallest absolute Gasteiger partial charge is 0.251 e. The topological polar surface area (TPSA) is 71.3 Å². The van der Waals surface area contributed by atoms with Crippen molar-refractivity contribution in [1.29, 1.82) is 0 Å². The molecule has 0 unspecified atom stereocenters. The van der Waals surface area contributed by atoms with E-state index in [0.717, 1.165) is 29.8 Å². The molecule has 0 radical (unpaired) electrons. The Bertz CT molecular complexity index is 943. The summed E-state index contributed by atoms with van der Waals surface area (Å²) < 4.78 is 5.48. The van der Waals surface area contributed by atoms with E-state index in [1.165, 1.54) is 18.4 Å². The van der Waals surface area contributed by atoms with Crippen LogP contribution in [0.3, 0.4) is 0 Å². The van der Waals surface area contributed by atoms with Crippen LogP contribution in [-0.4, -0.2) is 33.0 Å². The molecular weight excluding hydrogens is 372 g/mol. The highest BCUT2D eigenvalue weighted by atomic mass is 32.1. The number of hydrogen-bond acceptors (Lipinski definition) is 6. The van der Waals surface area contributed by atoms with Gasteiger partial charge in [0.05, 0.1) is 11.4 Å². The first-order valence-corrected chi connectivity index (χ1v) is 10.6. The van der Waals surface area contributed by atoms with Crippen LogP contribution >= 0.6 is 11.3 Å². The van der Waals surface area contributed by atoms with Gasteiger partial charge in [0.15, 0.2) is 0 Å². The van der Waals surface area contributed by atoms with Crippen LogP contribution < -0.4 is 5.32 Å². The molecule has 0 spiro atoms. The molecule has 1 aromatic carbocycles. The van der Waals surface area contributed by atoms with Crippen LogP contribution in [0.25, 0.3) is 10.7 Å². The summed E-state index contributed by atoms with van der Waals surface area (Å²) in [7, 11) is 0. The fraction of sp³-hybridized carbons (Fsp3) is 0.381. The van der Waals surface area contributed by atoms with E-state index in [9.17, 15) is 4.79 Å². The molecule has 0 atom stereocenters. The van der Waals surface area contributed by atoms with Gasteiger partial charge in [-0.1, -0.05) is 23.4 Å². The SMILES string of the molecule is O=C(NC1CC1)c1ccc(CN(Cc2nc(-c3cccs3)no2)C2CC2)cc1. The maximum atomic E-state index is 12.1. The highest BCUT2D eigenvalue weighted by Gasteiger charge is 2.30. The van der Waals surface area contributed by atoms with E-state index in [0.29, 0.717) is 30.3 Å². The van der Waals surface area contributed by atoms with Crippen LogP contribution in [0.15, 0.2) is 46.3 Å². The summed E-state index contributed by atoms with van der Waals surface area (Å²) >= 11 is 1.61. The fourth-order valence-corrected chi connectivity index (χ4v) is 3.89. The molecule has 0 bridgehead atoms. The third-order valence-corrected chi connectivity index (χ3v) is 5.99. The van der Waals surface area contributed by atoms with Crippen molar-refractivity contribution in [1.82, 2.24) is 20.4 Å². The van der Waals surface area contributed by atoms with E-state index in [4.69, 9.17) is 4.52 Å². The Morgan fingerprint density at radius 2 is 1.96 bits per heavy atom. The van der Waals surface area contributed by atoms with E-state index in [1.807, 2.05) is 41.8 Å². The lowest BCUT2D eigenvalue weighted by atomic mass is 10.1. The van der Waals surface area contributed by atoms with E-state index in [-0.39, 0.29) is 5.91 Å². The highest BCUT2D eigenvalue weighted by molar-refractivity contribution is 7.13. The molecule has 1 N–H and O–H groups in total.